The van der Waals surface area contributed by atoms with Crippen molar-refractivity contribution in [3.63, 3.8) is 0 Å². The number of alkyl halides is 3. The zero-order valence-electron chi connectivity index (χ0n) is 13.3. The third kappa shape index (κ3) is 6.10. The Kier molecular flexibility index (Phi) is 6.39. The van der Waals surface area contributed by atoms with Gasteiger partial charge in [-0.2, -0.15) is 18.4 Å². The van der Waals surface area contributed by atoms with Crippen molar-refractivity contribution in [2.24, 2.45) is 0 Å². The van der Waals surface area contributed by atoms with Crippen molar-refractivity contribution in [2.75, 3.05) is 13.2 Å². The zero-order valence-corrected chi connectivity index (χ0v) is 13.3. The summed E-state index contributed by atoms with van der Waals surface area (Å²) in [4.78, 5) is 0. The molecule has 0 spiro atoms. The molecule has 1 unspecified atom stereocenters. The fourth-order valence-corrected chi connectivity index (χ4v) is 2.15. The standard InChI is InChI=1S/C18H17F3N2O2/c19-18(20,21)15-5-2-6-17(8-15)25-12-16(24)11-23-10-14-4-1-3-13(7-14)9-22/h1-8,16,23-24H,10-12H2. The molecule has 0 amide bonds. The van der Waals surface area contributed by atoms with Gasteiger partial charge in [-0.05, 0) is 35.9 Å². The number of hydrogen-bond donors (Lipinski definition) is 2. The molecule has 4 nitrogen and oxygen atoms in total. The number of rotatable bonds is 7. The summed E-state index contributed by atoms with van der Waals surface area (Å²) < 4.78 is 43.1. The van der Waals surface area contributed by atoms with Crippen molar-refractivity contribution < 1.29 is 23.0 Å². The predicted octanol–water partition coefficient (Wildman–Crippen LogP) is 3.11. The highest BCUT2D eigenvalue weighted by atomic mass is 19.4. The lowest BCUT2D eigenvalue weighted by molar-refractivity contribution is -0.137. The number of halogens is 3. The Balaban J connectivity index is 1.77. The minimum absolute atomic E-state index is 0.0515. The van der Waals surface area contributed by atoms with E-state index in [0.717, 1.165) is 17.7 Å². The van der Waals surface area contributed by atoms with Gasteiger partial charge in [0, 0.05) is 13.1 Å². The maximum Gasteiger partial charge on any atom is 0.416 e. The fraction of sp³-hybridized carbons (Fsp3) is 0.278. The second-order valence-corrected chi connectivity index (χ2v) is 5.43. The van der Waals surface area contributed by atoms with E-state index in [1.807, 2.05) is 12.1 Å². The first-order chi connectivity index (χ1) is 11.9. The van der Waals surface area contributed by atoms with E-state index in [1.165, 1.54) is 12.1 Å². The van der Waals surface area contributed by atoms with Crippen LogP contribution in [0.4, 0.5) is 13.2 Å². The third-order valence-corrected chi connectivity index (χ3v) is 3.37. The molecular weight excluding hydrogens is 333 g/mol. The highest BCUT2D eigenvalue weighted by Gasteiger charge is 2.30. The van der Waals surface area contributed by atoms with Crippen LogP contribution in [0.15, 0.2) is 48.5 Å². The molecule has 2 rings (SSSR count). The van der Waals surface area contributed by atoms with Crippen LogP contribution in [0, 0.1) is 11.3 Å². The van der Waals surface area contributed by atoms with Gasteiger partial charge in [-0.3, -0.25) is 0 Å². The number of aliphatic hydroxyl groups is 1. The molecule has 0 bridgehead atoms. The van der Waals surface area contributed by atoms with Crippen LogP contribution in [0.1, 0.15) is 16.7 Å². The van der Waals surface area contributed by atoms with E-state index in [1.54, 1.807) is 18.2 Å². The molecule has 25 heavy (non-hydrogen) atoms. The van der Waals surface area contributed by atoms with Crippen LogP contribution < -0.4 is 10.1 Å². The number of hydrogen-bond acceptors (Lipinski definition) is 4. The number of nitrogens with one attached hydrogen (secondary N) is 1. The van der Waals surface area contributed by atoms with Crippen LogP contribution in [0.3, 0.4) is 0 Å². The average Bonchev–Trinajstić information content (AvgIpc) is 2.60. The molecule has 0 aromatic heterocycles. The van der Waals surface area contributed by atoms with Gasteiger partial charge in [-0.25, -0.2) is 0 Å². The summed E-state index contributed by atoms with van der Waals surface area (Å²) in [7, 11) is 0. The van der Waals surface area contributed by atoms with Crippen LogP contribution >= 0.6 is 0 Å². The van der Waals surface area contributed by atoms with Crippen molar-refractivity contribution in [2.45, 2.75) is 18.8 Å². The predicted molar refractivity (Wildman–Crippen MR) is 85.8 cm³/mol. The van der Waals surface area contributed by atoms with Gasteiger partial charge < -0.3 is 15.2 Å². The Labute approximate surface area is 143 Å². The van der Waals surface area contributed by atoms with Gasteiger partial charge in [-0.1, -0.05) is 18.2 Å². The highest BCUT2D eigenvalue weighted by molar-refractivity contribution is 5.32. The highest BCUT2D eigenvalue weighted by Crippen LogP contribution is 2.31. The number of nitriles is 1. The summed E-state index contributed by atoms with van der Waals surface area (Å²) in [5, 5.41) is 21.7. The number of aliphatic hydroxyl groups excluding tert-OH is 1. The Bertz CT molecular complexity index is 742. The van der Waals surface area contributed by atoms with E-state index in [2.05, 4.69) is 5.32 Å². The zero-order chi connectivity index (χ0) is 18.3. The minimum atomic E-state index is -4.43. The quantitative estimate of drug-likeness (QED) is 0.805. The largest absolute Gasteiger partial charge is 0.491 e. The van der Waals surface area contributed by atoms with E-state index in [9.17, 15) is 18.3 Å². The van der Waals surface area contributed by atoms with E-state index in [0.29, 0.717) is 12.1 Å². The van der Waals surface area contributed by atoms with Crippen LogP contribution in [0.25, 0.3) is 0 Å². The smallest absolute Gasteiger partial charge is 0.416 e. The minimum Gasteiger partial charge on any atom is -0.491 e. The molecule has 7 heteroatoms. The van der Waals surface area contributed by atoms with Crippen molar-refractivity contribution in [3.8, 4) is 11.8 Å². The van der Waals surface area contributed by atoms with Gasteiger partial charge in [0.15, 0.2) is 0 Å². The lowest BCUT2D eigenvalue weighted by Crippen LogP contribution is -2.31. The maximum atomic E-state index is 12.6. The van der Waals surface area contributed by atoms with E-state index < -0.39 is 17.8 Å². The van der Waals surface area contributed by atoms with Crippen LogP contribution in [0.2, 0.25) is 0 Å². The Hall–Kier alpha value is -2.56. The molecule has 1 atom stereocenters. The molecule has 0 saturated heterocycles. The van der Waals surface area contributed by atoms with Crippen LogP contribution in [0.5, 0.6) is 5.75 Å². The molecule has 0 fully saturated rings. The third-order valence-electron chi connectivity index (χ3n) is 3.37. The first-order valence-electron chi connectivity index (χ1n) is 7.56. The molecule has 0 heterocycles. The van der Waals surface area contributed by atoms with Gasteiger partial charge in [0.1, 0.15) is 18.5 Å². The number of benzene rings is 2. The van der Waals surface area contributed by atoms with Crippen molar-refractivity contribution in [1.29, 1.82) is 5.26 Å². The van der Waals surface area contributed by atoms with Crippen LogP contribution in [-0.4, -0.2) is 24.4 Å². The maximum absolute atomic E-state index is 12.6. The molecule has 2 aromatic carbocycles. The molecule has 0 aliphatic rings. The second kappa shape index (κ2) is 8.51. The average molecular weight is 350 g/mol. The van der Waals surface area contributed by atoms with Gasteiger partial charge in [0.2, 0.25) is 0 Å². The first kappa shape index (κ1) is 18.8. The lowest BCUT2D eigenvalue weighted by Gasteiger charge is -2.14. The number of ether oxygens (including phenoxy) is 1. The lowest BCUT2D eigenvalue weighted by atomic mass is 10.1. The molecule has 132 valence electrons. The van der Waals surface area contributed by atoms with Gasteiger partial charge >= 0.3 is 6.18 Å². The first-order valence-corrected chi connectivity index (χ1v) is 7.56. The fourth-order valence-electron chi connectivity index (χ4n) is 2.15. The summed E-state index contributed by atoms with van der Waals surface area (Å²) in [6.45, 7) is 0.526. The molecule has 0 saturated carbocycles. The van der Waals surface area contributed by atoms with Gasteiger partial charge in [0.25, 0.3) is 0 Å². The van der Waals surface area contributed by atoms with Crippen molar-refractivity contribution in [1.82, 2.24) is 5.32 Å². The molecule has 0 aliphatic carbocycles. The van der Waals surface area contributed by atoms with Gasteiger partial charge in [0.05, 0.1) is 17.2 Å². The normalized spacial score (nSPS) is 12.4. The Morgan fingerprint density at radius 2 is 1.92 bits per heavy atom. The van der Waals surface area contributed by atoms with Crippen molar-refractivity contribution >= 4 is 0 Å². The SMILES string of the molecule is N#Cc1cccc(CNCC(O)COc2cccc(C(F)(F)F)c2)c1. The monoisotopic (exact) mass is 350 g/mol. The topological polar surface area (TPSA) is 65.3 Å². The molecule has 0 radical (unpaired) electrons. The Morgan fingerprint density at radius 3 is 2.64 bits per heavy atom. The molecule has 2 N–H and O–H groups in total. The second-order valence-electron chi connectivity index (χ2n) is 5.43. The van der Waals surface area contributed by atoms with E-state index in [4.69, 9.17) is 10.00 Å². The summed E-state index contributed by atoms with van der Waals surface area (Å²) in [5.41, 5.74) is 0.646. The summed E-state index contributed by atoms with van der Waals surface area (Å²) in [5.74, 6) is 0.0515. The van der Waals surface area contributed by atoms with Crippen LogP contribution in [-0.2, 0) is 12.7 Å². The van der Waals surface area contributed by atoms with E-state index in [-0.39, 0.29) is 18.9 Å². The number of nitrogens with zero attached hydrogens (tertiary/aromatic N) is 1. The summed E-state index contributed by atoms with van der Waals surface area (Å²) in [6.07, 6.45) is -5.31. The van der Waals surface area contributed by atoms with Gasteiger partial charge in [-0.15, -0.1) is 0 Å². The van der Waals surface area contributed by atoms with Crippen molar-refractivity contribution in [3.05, 3.63) is 65.2 Å². The summed E-state index contributed by atoms with van der Waals surface area (Å²) >= 11 is 0. The Morgan fingerprint density at radius 1 is 1.16 bits per heavy atom. The van der Waals surface area contributed by atoms with E-state index >= 15 is 0 Å². The summed E-state index contributed by atoms with van der Waals surface area (Å²) in [6, 6.07) is 13.6. The molecule has 2 aromatic rings. The molecular formula is C18H17F3N2O2. The molecule has 0 aliphatic heterocycles.